The van der Waals surface area contributed by atoms with Crippen LogP contribution in [0, 0.1) is 11.8 Å². The van der Waals surface area contributed by atoms with Gasteiger partial charge in [-0.05, 0) is 77.6 Å². The predicted octanol–water partition coefficient (Wildman–Crippen LogP) is 3.43. The highest BCUT2D eigenvalue weighted by Crippen LogP contribution is 2.22. The van der Waals surface area contributed by atoms with E-state index in [-0.39, 0.29) is 56.1 Å². The summed E-state index contributed by atoms with van der Waals surface area (Å²) in [5.74, 6) is -4.43. The molecule has 0 fully saturated rings. The third kappa shape index (κ3) is 15.5. The maximum absolute atomic E-state index is 14.8. The number of fused-ring (bicyclic) bond motifs is 2. The lowest BCUT2D eigenvalue weighted by molar-refractivity contribution is -0.135. The normalized spacial score (nSPS) is 14.2. The highest BCUT2D eigenvalue weighted by molar-refractivity contribution is 7.81. The SMILES string of the molecule is CC(C)C[C@H](NC(=O)[C@H](CC(C)C)NC(=O)[C@H](Cc1c[nH]c2ccccc12)NC(=O)[C@H](Cc1ccccc1)NC(=O)[C@H](Cc1c[nH]c2ccccc12)NC(=O)[C@@H](N)Cc1ccc(OS(=O)(=O)O)cc1)C(N)=O. The van der Waals surface area contributed by atoms with E-state index >= 15 is 0 Å². The summed E-state index contributed by atoms with van der Waals surface area (Å²) >= 11 is 0. The Kier molecular flexibility index (Phi) is 18.3. The van der Waals surface area contributed by atoms with Crippen LogP contribution in [0.25, 0.3) is 21.8 Å². The van der Waals surface area contributed by atoms with Gasteiger partial charge in [-0.25, -0.2) is 0 Å². The molecule has 0 aliphatic carbocycles. The van der Waals surface area contributed by atoms with E-state index in [0.29, 0.717) is 22.3 Å². The Morgan fingerprint density at radius 2 is 0.931 bits per heavy atom. The molecule has 0 aliphatic rings. The zero-order valence-electron chi connectivity index (χ0n) is 40.5. The molecule has 0 spiro atoms. The minimum absolute atomic E-state index is 0.0232. The minimum atomic E-state index is -4.76. The van der Waals surface area contributed by atoms with Crippen molar-refractivity contribution in [3.63, 3.8) is 0 Å². The van der Waals surface area contributed by atoms with Crippen LogP contribution in [0.1, 0.15) is 62.8 Å². The van der Waals surface area contributed by atoms with Gasteiger partial charge in [0, 0.05) is 53.5 Å². The number of hydrogen-bond donors (Lipinski definition) is 10. The summed E-state index contributed by atoms with van der Waals surface area (Å²) in [6.45, 7) is 7.53. The van der Waals surface area contributed by atoms with Crippen molar-refractivity contribution in [3.05, 3.63) is 138 Å². The molecule has 0 saturated heterocycles. The van der Waals surface area contributed by atoms with Gasteiger partial charge in [-0.15, -0.1) is 0 Å². The monoisotopic (exact) mass is 1010 g/mol. The molecule has 0 unspecified atom stereocenters. The first-order valence-corrected chi connectivity index (χ1v) is 25.1. The smallest absolute Gasteiger partial charge is 0.368 e. The number of H-pyrrole nitrogens is 2. The van der Waals surface area contributed by atoms with E-state index in [1.807, 2.05) is 76.2 Å². The summed E-state index contributed by atoms with van der Waals surface area (Å²) in [4.78, 5) is 90.7. The molecule has 2 heterocycles. The Bertz CT molecular complexity index is 2960. The molecule has 382 valence electrons. The van der Waals surface area contributed by atoms with E-state index in [0.717, 1.165) is 21.8 Å². The first kappa shape index (κ1) is 53.8. The van der Waals surface area contributed by atoms with Gasteiger partial charge >= 0.3 is 10.4 Å². The van der Waals surface area contributed by atoms with Crippen LogP contribution in [0.4, 0.5) is 0 Å². The quantitative estimate of drug-likeness (QED) is 0.0371. The molecule has 0 bridgehead atoms. The maximum atomic E-state index is 14.8. The maximum Gasteiger partial charge on any atom is 0.446 e. The van der Waals surface area contributed by atoms with Crippen LogP contribution >= 0.6 is 0 Å². The molecule has 6 aromatic rings. The van der Waals surface area contributed by atoms with E-state index < -0.39 is 82.1 Å². The summed E-state index contributed by atoms with van der Waals surface area (Å²) in [5.41, 5.74) is 16.2. The molecule has 6 atom stereocenters. The zero-order valence-corrected chi connectivity index (χ0v) is 41.3. The second kappa shape index (κ2) is 24.5. The summed E-state index contributed by atoms with van der Waals surface area (Å²) in [6.07, 6.45) is 3.79. The van der Waals surface area contributed by atoms with Gasteiger partial charge < -0.3 is 52.2 Å². The number of carbonyl (C=O) groups is 6. The highest BCUT2D eigenvalue weighted by atomic mass is 32.3. The number of rotatable bonds is 25. The fourth-order valence-electron chi connectivity index (χ4n) is 8.46. The summed E-state index contributed by atoms with van der Waals surface area (Å²) < 4.78 is 35.9. The van der Waals surface area contributed by atoms with Gasteiger partial charge in [-0.1, -0.05) is 107 Å². The van der Waals surface area contributed by atoms with Crippen LogP contribution in [-0.2, 0) is 64.8 Å². The lowest BCUT2D eigenvalue weighted by Gasteiger charge is -2.28. The number of hydrogen-bond acceptors (Lipinski definition) is 10. The Morgan fingerprint density at radius 3 is 1.42 bits per heavy atom. The topological polar surface area (TPSA) is 310 Å². The van der Waals surface area contributed by atoms with Crippen LogP contribution in [0.3, 0.4) is 0 Å². The standard InChI is InChI=1S/C52H63N9O10S/c1-30(2)22-42(47(54)62)57-49(64)43(23-31(3)4)59-52(67)46(27-35-29-56-41-17-11-9-15-38(35)41)61-50(65)44(25-32-12-6-5-7-13-32)60-51(66)45(26-34-28-55-40-16-10-8-14-37(34)40)58-48(63)39(53)24-33-18-20-36(21-19-33)71-72(68,69)70/h5-21,28-31,39,42-46,55-56H,22-27,53H2,1-4H3,(H2,54,62)(H,57,64)(H,58,63)(H,59,67)(H,60,66)(H,61,65)(H,68,69,70)/t39-,42-,43-,44-,45-,46-/m0/s1. The molecule has 4 aromatic carbocycles. The molecule has 72 heavy (non-hydrogen) atoms. The lowest BCUT2D eigenvalue weighted by atomic mass is 9.98. The van der Waals surface area contributed by atoms with E-state index in [1.165, 1.54) is 24.3 Å². The molecule has 19 nitrogen and oxygen atoms in total. The molecule has 2 aromatic heterocycles. The molecule has 0 aliphatic heterocycles. The number of carbonyl (C=O) groups excluding carboxylic acids is 6. The average Bonchev–Trinajstić information content (AvgIpc) is 3.94. The van der Waals surface area contributed by atoms with Crippen LogP contribution in [0.2, 0.25) is 0 Å². The summed E-state index contributed by atoms with van der Waals surface area (Å²) in [6, 6.07) is 22.0. The molecule has 0 radical (unpaired) electrons. The van der Waals surface area contributed by atoms with Crippen molar-refractivity contribution in [2.75, 3.05) is 0 Å². The summed E-state index contributed by atoms with van der Waals surface area (Å²) in [7, 11) is -4.76. The first-order chi connectivity index (χ1) is 34.2. The number of aromatic amines is 2. The van der Waals surface area contributed by atoms with Crippen molar-refractivity contribution in [3.8, 4) is 5.75 Å². The average molecular weight is 1010 g/mol. The van der Waals surface area contributed by atoms with Crippen LogP contribution in [0.15, 0.2) is 116 Å². The van der Waals surface area contributed by atoms with Crippen molar-refractivity contribution in [2.45, 2.75) is 102 Å². The van der Waals surface area contributed by atoms with Gasteiger partial charge in [0.2, 0.25) is 35.4 Å². The molecule has 6 rings (SSSR count). The molecular weight excluding hydrogens is 943 g/mol. The van der Waals surface area contributed by atoms with Crippen molar-refractivity contribution in [1.29, 1.82) is 0 Å². The highest BCUT2D eigenvalue weighted by Gasteiger charge is 2.34. The molecular formula is C52H63N9O10S. The fraction of sp³-hybridized carbons (Fsp3) is 0.346. The predicted molar refractivity (Wildman–Crippen MR) is 272 cm³/mol. The third-order valence-electron chi connectivity index (χ3n) is 12.0. The largest absolute Gasteiger partial charge is 0.446 e. The van der Waals surface area contributed by atoms with Crippen molar-refractivity contribution >= 4 is 67.6 Å². The van der Waals surface area contributed by atoms with Crippen molar-refractivity contribution in [2.24, 2.45) is 23.3 Å². The number of para-hydroxylation sites is 2. The Morgan fingerprint density at radius 1 is 0.528 bits per heavy atom. The Labute approximate surface area is 417 Å². The molecule has 12 N–H and O–H groups in total. The number of primary amides is 1. The first-order valence-electron chi connectivity index (χ1n) is 23.7. The summed E-state index contributed by atoms with van der Waals surface area (Å²) in [5, 5.41) is 15.7. The molecule has 20 heteroatoms. The van der Waals surface area contributed by atoms with E-state index in [4.69, 9.17) is 16.0 Å². The number of nitrogens with two attached hydrogens (primary N) is 2. The van der Waals surface area contributed by atoms with Gasteiger partial charge in [0.15, 0.2) is 0 Å². The Balaban J connectivity index is 1.29. The number of nitrogens with one attached hydrogen (secondary N) is 7. The van der Waals surface area contributed by atoms with Gasteiger partial charge in [0.25, 0.3) is 0 Å². The second-order valence-electron chi connectivity index (χ2n) is 18.7. The number of benzene rings is 4. The zero-order chi connectivity index (χ0) is 52.1. The van der Waals surface area contributed by atoms with Crippen LogP contribution in [0.5, 0.6) is 5.75 Å². The molecule has 0 saturated carbocycles. The van der Waals surface area contributed by atoms with Gasteiger partial charge in [-0.3, -0.25) is 33.3 Å². The Hall–Kier alpha value is -7.55. The number of amides is 6. The van der Waals surface area contributed by atoms with Crippen LogP contribution in [-0.4, -0.2) is 94.6 Å². The third-order valence-corrected chi connectivity index (χ3v) is 12.4. The lowest BCUT2D eigenvalue weighted by Crippen LogP contribution is -2.60. The van der Waals surface area contributed by atoms with E-state index in [2.05, 4.69) is 40.7 Å². The van der Waals surface area contributed by atoms with E-state index in [1.54, 1.807) is 42.7 Å². The van der Waals surface area contributed by atoms with Gasteiger partial charge in [-0.2, -0.15) is 8.42 Å². The fourth-order valence-corrected chi connectivity index (χ4v) is 8.81. The number of aromatic nitrogens is 2. The van der Waals surface area contributed by atoms with Crippen molar-refractivity contribution in [1.82, 2.24) is 36.6 Å². The van der Waals surface area contributed by atoms with E-state index in [9.17, 15) is 37.2 Å². The van der Waals surface area contributed by atoms with Crippen molar-refractivity contribution < 1.29 is 45.9 Å². The van der Waals surface area contributed by atoms with Gasteiger partial charge in [0.1, 0.15) is 36.0 Å². The van der Waals surface area contributed by atoms with Gasteiger partial charge in [0.05, 0.1) is 6.04 Å². The minimum Gasteiger partial charge on any atom is -0.368 e. The van der Waals surface area contributed by atoms with Crippen LogP contribution < -0.4 is 42.2 Å². The second-order valence-corrected chi connectivity index (χ2v) is 19.8. The molecule has 6 amide bonds.